The number of rotatable bonds is 5. The van der Waals surface area contributed by atoms with Crippen molar-refractivity contribution in [2.24, 2.45) is 11.8 Å². The standard InChI is InChI=1S/C16H18N2O9S.Na.H/c19-10-5-6-11(20)18(10)7-8-1-3-9(4-2-8)16(23)27-12-13(28(24,25)26)15(22)17-14(12)21;;/h5-6,8-9,12-13H,1-4,7H2,(H,17,21,22)(H,24,25,26);;. The molecule has 0 aromatic heterocycles. The Morgan fingerprint density at radius 2 is 1.62 bits per heavy atom. The summed E-state index contributed by atoms with van der Waals surface area (Å²) in [6.45, 7) is 0.247. The molecular weight excluding hydrogens is 419 g/mol. The first kappa shape index (κ1) is 23.7. The Morgan fingerprint density at radius 1 is 1.07 bits per heavy atom. The molecule has 3 aliphatic rings. The SMILES string of the molecule is O=C(OC1C(=O)NC(=O)C1S(=O)(=O)O)C1CCC(CN2C(=O)C=CC2=O)CC1.[NaH]. The Hall–Kier alpha value is -1.60. The van der Waals surface area contributed by atoms with Crippen LogP contribution in [0.2, 0.25) is 0 Å². The fourth-order valence-corrected chi connectivity index (χ4v) is 4.44. The van der Waals surface area contributed by atoms with Crippen molar-refractivity contribution in [3.63, 3.8) is 0 Å². The molecule has 1 saturated carbocycles. The van der Waals surface area contributed by atoms with E-state index in [0.717, 1.165) is 4.90 Å². The van der Waals surface area contributed by atoms with Crippen molar-refractivity contribution < 1.29 is 41.7 Å². The molecule has 1 aliphatic carbocycles. The summed E-state index contributed by atoms with van der Waals surface area (Å²) in [5, 5.41) is -0.463. The van der Waals surface area contributed by atoms with Gasteiger partial charge in [0.1, 0.15) is 0 Å². The minimum absolute atomic E-state index is 0. The van der Waals surface area contributed by atoms with Crippen LogP contribution in [-0.4, -0.2) is 94.9 Å². The van der Waals surface area contributed by atoms with Crippen molar-refractivity contribution in [1.29, 1.82) is 0 Å². The third-order valence-corrected chi connectivity index (χ3v) is 6.23. The van der Waals surface area contributed by atoms with Gasteiger partial charge in [0.25, 0.3) is 33.7 Å². The summed E-state index contributed by atoms with van der Waals surface area (Å²) in [4.78, 5) is 59.9. The summed E-state index contributed by atoms with van der Waals surface area (Å²) in [7, 11) is -4.93. The van der Waals surface area contributed by atoms with Crippen LogP contribution in [0.3, 0.4) is 0 Å². The molecule has 0 aromatic rings. The molecule has 1 saturated heterocycles. The van der Waals surface area contributed by atoms with Gasteiger partial charge in [-0.3, -0.25) is 38.7 Å². The van der Waals surface area contributed by atoms with Crippen LogP contribution < -0.4 is 5.32 Å². The number of esters is 1. The monoisotopic (exact) mass is 438 g/mol. The first-order valence-electron chi connectivity index (χ1n) is 8.63. The quantitative estimate of drug-likeness (QED) is 0.212. The predicted octanol–water partition coefficient (Wildman–Crippen LogP) is -2.11. The average Bonchev–Trinajstić information content (AvgIpc) is 3.07. The molecule has 2 atom stereocenters. The van der Waals surface area contributed by atoms with Crippen molar-refractivity contribution >= 4 is 69.3 Å². The van der Waals surface area contributed by atoms with Crippen molar-refractivity contribution in [1.82, 2.24) is 10.2 Å². The summed E-state index contributed by atoms with van der Waals surface area (Å²) >= 11 is 0. The Balaban J connectivity index is 0.00000300. The van der Waals surface area contributed by atoms with Gasteiger partial charge in [-0.2, -0.15) is 8.42 Å². The summed E-state index contributed by atoms with van der Waals surface area (Å²) in [6.07, 6.45) is 2.22. The second-order valence-corrected chi connectivity index (χ2v) is 8.52. The molecule has 154 valence electrons. The first-order chi connectivity index (χ1) is 13.1. The van der Waals surface area contributed by atoms with Gasteiger partial charge in [0, 0.05) is 18.7 Å². The van der Waals surface area contributed by atoms with Crippen molar-refractivity contribution in [2.75, 3.05) is 6.54 Å². The molecule has 0 radical (unpaired) electrons. The number of amides is 4. The Labute approximate surface area is 188 Å². The van der Waals surface area contributed by atoms with Gasteiger partial charge in [0.2, 0.25) is 11.4 Å². The molecule has 4 amide bonds. The van der Waals surface area contributed by atoms with Crippen LogP contribution in [0.4, 0.5) is 0 Å². The van der Waals surface area contributed by atoms with E-state index in [9.17, 15) is 32.4 Å². The van der Waals surface area contributed by atoms with Gasteiger partial charge in [0.05, 0.1) is 5.92 Å². The number of nitrogens with zero attached hydrogens (tertiary/aromatic N) is 1. The van der Waals surface area contributed by atoms with E-state index in [-0.39, 0.29) is 53.8 Å². The van der Waals surface area contributed by atoms with Gasteiger partial charge in [0.15, 0.2) is 0 Å². The number of nitrogens with one attached hydrogen (secondary N) is 1. The van der Waals surface area contributed by atoms with Crippen molar-refractivity contribution in [2.45, 2.75) is 37.0 Å². The molecule has 2 aliphatic heterocycles. The molecule has 2 heterocycles. The number of imide groups is 2. The van der Waals surface area contributed by atoms with E-state index in [2.05, 4.69) is 0 Å². The van der Waals surface area contributed by atoms with Crippen LogP contribution in [-0.2, 0) is 38.8 Å². The summed E-state index contributed by atoms with van der Waals surface area (Å²) in [6, 6.07) is 0. The third kappa shape index (κ3) is 5.12. The van der Waals surface area contributed by atoms with Crippen LogP contribution in [0.25, 0.3) is 0 Å². The maximum absolute atomic E-state index is 12.3. The van der Waals surface area contributed by atoms with Crippen molar-refractivity contribution in [3.05, 3.63) is 12.2 Å². The molecule has 2 unspecified atom stereocenters. The van der Waals surface area contributed by atoms with E-state index in [4.69, 9.17) is 9.29 Å². The number of carbonyl (C=O) groups excluding carboxylic acids is 5. The first-order valence-corrected chi connectivity index (χ1v) is 10.1. The zero-order valence-electron chi connectivity index (χ0n) is 14.6. The van der Waals surface area contributed by atoms with Gasteiger partial charge in [-0.15, -0.1) is 0 Å². The van der Waals surface area contributed by atoms with E-state index in [1.165, 1.54) is 12.2 Å². The molecule has 13 heteroatoms. The Bertz CT molecular complexity index is 859. The number of hydrogen-bond donors (Lipinski definition) is 2. The summed E-state index contributed by atoms with van der Waals surface area (Å²) < 4.78 is 36.7. The molecule has 2 fully saturated rings. The van der Waals surface area contributed by atoms with Gasteiger partial charge in [-0.1, -0.05) is 0 Å². The molecule has 11 nitrogen and oxygen atoms in total. The minimum atomic E-state index is -4.93. The van der Waals surface area contributed by atoms with E-state index >= 15 is 0 Å². The average molecular weight is 438 g/mol. The molecule has 0 spiro atoms. The van der Waals surface area contributed by atoms with E-state index in [0.29, 0.717) is 25.7 Å². The van der Waals surface area contributed by atoms with Crippen LogP contribution >= 0.6 is 0 Å². The van der Waals surface area contributed by atoms with E-state index < -0.39 is 45.2 Å². The summed E-state index contributed by atoms with van der Waals surface area (Å²) in [5.41, 5.74) is 0. The number of ether oxygens (including phenoxy) is 1. The maximum atomic E-state index is 12.3. The van der Waals surface area contributed by atoms with Gasteiger partial charge in [-0.05, 0) is 31.6 Å². The van der Waals surface area contributed by atoms with E-state index in [1.807, 2.05) is 0 Å². The second-order valence-electron chi connectivity index (χ2n) is 6.98. The summed E-state index contributed by atoms with van der Waals surface area (Å²) in [5.74, 6) is -4.55. The normalized spacial score (nSPS) is 29.6. The topological polar surface area (TPSA) is 164 Å². The Kier molecular flexibility index (Phi) is 7.38. The van der Waals surface area contributed by atoms with Gasteiger partial charge >= 0.3 is 35.5 Å². The van der Waals surface area contributed by atoms with E-state index in [1.54, 1.807) is 5.32 Å². The molecule has 0 aromatic carbocycles. The molecule has 29 heavy (non-hydrogen) atoms. The van der Waals surface area contributed by atoms with Crippen LogP contribution in [0.1, 0.15) is 25.7 Å². The van der Waals surface area contributed by atoms with Crippen LogP contribution in [0.5, 0.6) is 0 Å². The number of carbonyl (C=O) groups is 5. The van der Waals surface area contributed by atoms with Crippen molar-refractivity contribution in [3.8, 4) is 0 Å². The molecule has 2 N–H and O–H groups in total. The fraction of sp³-hybridized carbons (Fsp3) is 0.562. The predicted molar refractivity (Wildman–Crippen MR) is 96.8 cm³/mol. The fourth-order valence-electron chi connectivity index (χ4n) is 3.62. The zero-order chi connectivity index (χ0) is 20.6. The second kappa shape index (κ2) is 9.04. The van der Waals surface area contributed by atoms with Crippen LogP contribution in [0.15, 0.2) is 12.2 Å². The molecular formula is C16H19N2NaO9S. The molecule has 0 bridgehead atoms. The van der Waals surface area contributed by atoms with Crippen LogP contribution in [0, 0.1) is 11.8 Å². The number of hydrogen-bond acceptors (Lipinski definition) is 8. The molecule has 3 rings (SSSR count). The van der Waals surface area contributed by atoms with Gasteiger partial charge in [-0.25, -0.2) is 0 Å². The Morgan fingerprint density at radius 3 is 2.14 bits per heavy atom. The zero-order valence-corrected chi connectivity index (χ0v) is 15.4. The third-order valence-electron chi connectivity index (χ3n) is 5.12. The van der Waals surface area contributed by atoms with Gasteiger partial charge < -0.3 is 4.74 Å².